The highest BCUT2D eigenvalue weighted by Gasteiger charge is 2.36. The summed E-state index contributed by atoms with van der Waals surface area (Å²) in [5, 5.41) is 1.81. The molecule has 0 radical (unpaired) electrons. The number of anilines is 1. The summed E-state index contributed by atoms with van der Waals surface area (Å²) in [7, 11) is -2.57. The molecule has 1 heterocycles. The van der Waals surface area contributed by atoms with Crippen LogP contribution in [0.3, 0.4) is 0 Å². The second-order valence-electron chi connectivity index (χ2n) is 7.32. The van der Waals surface area contributed by atoms with Crippen molar-refractivity contribution < 1.29 is 35.9 Å². The lowest BCUT2D eigenvalue weighted by molar-refractivity contribution is -0.140. The zero-order valence-corrected chi connectivity index (χ0v) is 18.4. The minimum absolute atomic E-state index is 0.106. The number of alkyl halides is 3. The molecule has 1 fully saturated rings. The predicted octanol–water partition coefficient (Wildman–Crippen LogP) is 2.78. The first kappa shape index (κ1) is 24.4. The molecule has 0 saturated carbocycles. The van der Waals surface area contributed by atoms with Crippen LogP contribution in [0.5, 0.6) is 5.75 Å². The van der Waals surface area contributed by atoms with Gasteiger partial charge in [-0.15, -0.1) is 0 Å². The monoisotopic (exact) mass is 485 g/mol. The molecule has 2 N–H and O–H groups in total. The average Bonchev–Trinajstić information content (AvgIpc) is 3.27. The van der Waals surface area contributed by atoms with Crippen LogP contribution in [0.1, 0.15) is 23.2 Å². The number of ether oxygens (including phenoxy) is 1. The van der Waals surface area contributed by atoms with Crippen molar-refractivity contribution in [3.63, 3.8) is 0 Å². The number of hydrogen-bond donors (Lipinski definition) is 2. The molecule has 8 nitrogen and oxygen atoms in total. The third-order valence-electron chi connectivity index (χ3n) is 5.04. The molecule has 1 aliphatic heterocycles. The standard InChI is InChI=1S/C21H22F3N3O5S/c1-32-18-7-3-2-5-16(18)26-33(30,31)15-10-8-14(9-11-15)20(29)27-12-4-6-17(27)19(28)25-13-21(22,23)24/h2-3,5,7-11,17,26H,4,6,12-13H2,1H3,(H,25,28). The number of halogens is 3. The average molecular weight is 485 g/mol. The SMILES string of the molecule is COc1ccccc1NS(=O)(=O)c1ccc(C(=O)N2CCCC2C(=O)NCC(F)(F)F)cc1. The van der Waals surface area contributed by atoms with Crippen molar-refractivity contribution in [1.29, 1.82) is 0 Å². The molecule has 2 aromatic carbocycles. The van der Waals surface area contributed by atoms with E-state index in [0.717, 1.165) is 0 Å². The lowest BCUT2D eigenvalue weighted by atomic mass is 10.1. The van der Waals surface area contributed by atoms with Gasteiger partial charge in [-0.1, -0.05) is 12.1 Å². The number of hydrogen-bond acceptors (Lipinski definition) is 5. The second-order valence-corrected chi connectivity index (χ2v) is 9.00. The van der Waals surface area contributed by atoms with Gasteiger partial charge in [0.25, 0.3) is 15.9 Å². The highest BCUT2D eigenvalue weighted by atomic mass is 32.2. The number of amides is 2. The number of likely N-dealkylation sites (tertiary alicyclic amines) is 1. The summed E-state index contributed by atoms with van der Waals surface area (Å²) in [5.41, 5.74) is 0.353. The summed E-state index contributed by atoms with van der Waals surface area (Å²) in [4.78, 5) is 26.1. The van der Waals surface area contributed by atoms with Crippen molar-refractivity contribution >= 4 is 27.5 Å². The number of para-hydroxylation sites is 2. The van der Waals surface area contributed by atoms with Gasteiger partial charge in [-0.05, 0) is 49.2 Å². The topological polar surface area (TPSA) is 105 Å². The lowest BCUT2D eigenvalue weighted by Crippen LogP contribution is -2.48. The van der Waals surface area contributed by atoms with E-state index >= 15 is 0 Å². The third kappa shape index (κ3) is 5.95. The molecule has 1 saturated heterocycles. The first-order valence-electron chi connectivity index (χ1n) is 9.93. The van der Waals surface area contributed by atoms with Crippen LogP contribution in [-0.2, 0) is 14.8 Å². The summed E-state index contributed by atoms with van der Waals surface area (Å²) in [6.45, 7) is -1.27. The molecule has 1 aliphatic rings. The number of sulfonamides is 1. The highest BCUT2D eigenvalue weighted by Crippen LogP contribution is 2.27. The van der Waals surface area contributed by atoms with Gasteiger partial charge in [0.2, 0.25) is 5.91 Å². The Labute approximate surface area is 188 Å². The molecule has 178 valence electrons. The smallest absolute Gasteiger partial charge is 0.405 e. The molecular formula is C21H22F3N3O5S. The minimum Gasteiger partial charge on any atom is -0.495 e. The van der Waals surface area contributed by atoms with E-state index in [1.807, 2.05) is 0 Å². The van der Waals surface area contributed by atoms with Crippen LogP contribution < -0.4 is 14.8 Å². The van der Waals surface area contributed by atoms with Crippen molar-refractivity contribution in [2.24, 2.45) is 0 Å². The van der Waals surface area contributed by atoms with E-state index in [2.05, 4.69) is 4.72 Å². The third-order valence-corrected chi connectivity index (χ3v) is 6.42. The molecular weight excluding hydrogens is 463 g/mol. The fourth-order valence-electron chi connectivity index (χ4n) is 3.46. The quantitative estimate of drug-likeness (QED) is 0.628. The maximum absolute atomic E-state index is 12.8. The Morgan fingerprint density at radius 3 is 2.42 bits per heavy atom. The van der Waals surface area contributed by atoms with Crippen molar-refractivity contribution in [2.75, 3.05) is 24.9 Å². The molecule has 0 spiro atoms. The number of carbonyl (C=O) groups is 2. The van der Waals surface area contributed by atoms with E-state index in [9.17, 15) is 31.2 Å². The van der Waals surface area contributed by atoms with Crippen molar-refractivity contribution in [3.05, 3.63) is 54.1 Å². The van der Waals surface area contributed by atoms with Gasteiger partial charge in [-0.25, -0.2) is 8.42 Å². The van der Waals surface area contributed by atoms with Crippen molar-refractivity contribution in [2.45, 2.75) is 30.0 Å². The Hall–Kier alpha value is -3.28. The molecule has 2 aromatic rings. The second kappa shape index (κ2) is 9.69. The van der Waals surface area contributed by atoms with Gasteiger partial charge in [0.1, 0.15) is 18.3 Å². The van der Waals surface area contributed by atoms with E-state index in [1.54, 1.807) is 23.5 Å². The molecule has 2 amide bonds. The normalized spacial score (nSPS) is 16.4. The zero-order valence-electron chi connectivity index (χ0n) is 17.6. The van der Waals surface area contributed by atoms with Gasteiger partial charge < -0.3 is 15.0 Å². The van der Waals surface area contributed by atoms with Gasteiger partial charge in [0.15, 0.2) is 0 Å². The molecule has 1 atom stereocenters. The summed E-state index contributed by atoms with van der Waals surface area (Å²) in [5.74, 6) is -1.11. The minimum atomic E-state index is -4.55. The van der Waals surface area contributed by atoms with Crippen LogP contribution in [0.15, 0.2) is 53.4 Å². The van der Waals surface area contributed by atoms with Crippen LogP contribution in [0, 0.1) is 0 Å². The number of benzene rings is 2. The van der Waals surface area contributed by atoms with Gasteiger partial charge in [0, 0.05) is 12.1 Å². The van der Waals surface area contributed by atoms with Crippen LogP contribution in [-0.4, -0.2) is 57.5 Å². The van der Waals surface area contributed by atoms with E-state index < -0.39 is 40.6 Å². The molecule has 1 unspecified atom stereocenters. The van der Waals surface area contributed by atoms with Crippen molar-refractivity contribution in [1.82, 2.24) is 10.2 Å². The first-order valence-corrected chi connectivity index (χ1v) is 11.4. The van der Waals surface area contributed by atoms with Crippen molar-refractivity contribution in [3.8, 4) is 5.75 Å². The van der Waals surface area contributed by atoms with E-state index in [4.69, 9.17) is 4.74 Å². The number of rotatable bonds is 7. The maximum atomic E-state index is 12.8. The van der Waals surface area contributed by atoms with Gasteiger partial charge in [-0.2, -0.15) is 13.2 Å². The maximum Gasteiger partial charge on any atom is 0.405 e. The molecule has 0 aliphatic carbocycles. The first-order chi connectivity index (χ1) is 15.5. The molecule has 12 heteroatoms. The Morgan fingerprint density at radius 1 is 1.12 bits per heavy atom. The van der Waals surface area contributed by atoms with Gasteiger partial charge in [-0.3, -0.25) is 14.3 Å². The predicted molar refractivity (Wildman–Crippen MR) is 113 cm³/mol. The Balaban J connectivity index is 1.72. The van der Waals surface area contributed by atoms with Crippen LogP contribution >= 0.6 is 0 Å². The summed E-state index contributed by atoms with van der Waals surface area (Å²) >= 11 is 0. The molecule has 33 heavy (non-hydrogen) atoms. The largest absolute Gasteiger partial charge is 0.495 e. The summed E-state index contributed by atoms with van der Waals surface area (Å²) in [6, 6.07) is 10.5. The zero-order chi connectivity index (χ0) is 24.2. The van der Waals surface area contributed by atoms with E-state index in [1.165, 1.54) is 42.3 Å². The number of nitrogens with zero attached hydrogens (tertiary/aromatic N) is 1. The highest BCUT2D eigenvalue weighted by molar-refractivity contribution is 7.92. The van der Waals surface area contributed by atoms with Gasteiger partial charge in [0.05, 0.1) is 17.7 Å². The van der Waals surface area contributed by atoms with Gasteiger partial charge >= 0.3 is 6.18 Å². The Bertz CT molecular complexity index is 1120. The lowest BCUT2D eigenvalue weighted by Gasteiger charge is -2.24. The number of carbonyl (C=O) groups excluding carboxylic acids is 2. The summed E-state index contributed by atoms with van der Waals surface area (Å²) < 4.78 is 70.1. The molecule has 3 rings (SSSR count). The van der Waals surface area contributed by atoms with E-state index in [-0.39, 0.29) is 29.1 Å². The fourth-order valence-corrected chi connectivity index (χ4v) is 4.53. The summed E-state index contributed by atoms with van der Waals surface area (Å²) in [6.07, 6.45) is -3.85. The van der Waals surface area contributed by atoms with Crippen LogP contribution in [0.2, 0.25) is 0 Å². The van der Waals surface area contributed by atoms with E-state index in [0.29, 0.717) is 12.2 Å². The van der Waals surface area contributed by atoms with Crippen LogP contribution in [0.4, 0.5) is 18.9 Å². The number of methoxy groups -OCH3 is 1. The Kier molecular flexibility index (Phi) is 7.15. The fraction of sp³-hybridized carbons (Fsp3) is 0.333. The molecule has 0 aromatic heterocycles. The number of nitrogens with one attached hydrogen (secondary N) is 2. The molecule has 0 bridgehead atoms. The van der Waals surface area contributed by atoms with Crippen LogP contribution in [0.25, 0.3) is 0 Å². The Morgan fingerprint density at radius 2 is 1.79 bits per heavy atom.